The Labute approximate surface area is 102 Å². The normalized spacial score (nSPS) is 11.8. The Hall–Kier alpha value is -1.32. The van der Waals surface area contributed by atoms with E-state index < -0.39 is 5.97 Å². The predicted octanol–water partition coefficient (Wildman–Crippen LogP) is 4.00. The molecule has 0 radical (unpaired) electrons. The first-order chi connectivity index (χ1) is 7.72. The third-order valence-corrected chi connectivity index (χ3v) is 3.43. The number of allylic oxidation sites excluding steroid dienone is 1. The zero-order chi connectivity index (χ0) is 11.5. The molecule has 0 atom stereocenters. The maximum absolute atomic E-state index is 11.0. The Morgan fingerprint density at radius 3 is 2.94 bits per heavy atom. The Morgan fingerprint density at radius 2 is 2.19 bits per heavy atom. The molecule has 2 nitrogen and oxygen atoms in total. The van der Waals surface area contributed by atoms with Crippen LogP contribution in [0.3, 0.4) is 0 Å². The number of halogens is 1. The summed E-state index contributed by atoms with van der Waals surface area (Å²) in [4.78, 5) is 11.0. The number of carbonyl (C=O) groups excluding carboxylic acids is 1. The summed E-state index contributed by atoms with van der Waals surface area (Å²) in [6, 6.07) is 8.06. The van der Waals surface area contributed by atoms with E-state index in [-0.39, 0.29) is 0 Å². The minimum atomic E-state index is -0.547. The average Bonchev–Trinajstić information content (AvgIpc) is 2.72. The van der Waals surface area contributed by atoms with E-state index in [2.05, 4.69) is 10.4 Å². The molecule has 0 saturated carbocycles. The average molecular weight is 253 g/mol. The second-order valence-electron chi connectivity index (χ2n) is 3.37. The lowest BCUT2D eigenvalue weighted by atomic mass is 10.1. The lowest BCUT2D eigenvalue weighted by Gasteiger charge is -1.98. The van der Waals surface area contributed by atoms with Crippen molar-refractivity contribution in [2.24, 2.45) is 0 Å². The van der Waals surface area contributed by atoms with E-state index in [4.69, 9.17) is 11.9 Å². The highest BCUT2D eigenvalue weighted by molar-refractivity contribution is 7.17. The van der Waals surface area contributed by atoms with Gasteiger partial charge in [0.05, 0.1) is 0 Å². The summed E-state index contributed by atoms with van der Waals surface area (Å²) in [7, 11) is 0. The molecule has 0 saturated heterocycles. The summed E-state index contributed by atoms with van der Waals surface area (Å²) in [5, 5.41) is 3.17. The first-order valence-corrected chi connectivity index (χ1v) is 5.88. The van der Waals surface area contributed by atoms with E-state index in [0.717, 1.165) is 16.5 Å². The quantitative estimate of drug-likeness (QED) is 0.755. The van der Waals surface area contributed by atoms with Gasteiger partial charge in [-0.25, -0.2) is 4.79 Å². The highest BCUT2D eigenvalue weighted by atomic mass is 35.5. The van der Waals surface area contributed by atoms with Crippen LogP contribution in [-0.2, 0) is 9.08 Å². The van der Waals surface area contributed by atoms with Crippen molar-refractivity contribution in [1.29, 1.82) is 0 Å². The van der Waals surface area contributed by atoms with Crippen LogP contribution in [0.1, 0.15) is 12.5 Å². The second-order valence-corrected chi connectivity index (χ2v) is 4.43. The highest BCUT2D eigenvalue weighted by Crippen LogP contribution is 2.30. The van der Waals surface area contributed by atoms with Gasteiger partial charge in [-0.05, 0) is 34.9 Å². The Balaban J connectivity index is 2.48. The summed E-state index contributed by atoms with van der Waals surface area (Å²) >= 11 is 6.64. The number of rotatable bonds is 2. The summed E-state index contributed by atoms with van der Waals surface area (Å²) in [5.41, 5.74) is 1.89. The van der Waals surface area contributed by atoms with Gasteiger partial charge in [0.15, 0.2) is 0 Å². The van der Waals surface area contributed by atoms with Gasteiger partial charge in [0.25, 0.3) is 0 Å². The van der Waals surface area contributed by atoms with Gasteiger partial charge in [-0.1, -0.05) is 18.2 Å². The fourth-order valence-corrected chi connectivity index (χ4v) is 2.62. The van der Waals surface area contributed by atoms with Gasteiger partial charge in [0.1, 0.15) is 11.9 Å². The molecular formula is C12H9ClO2S. The molecule has 2 rings (SSSR count). The molecule has 0 spiro atoms. The van der Waals surface area contributed by atoms with Crippen LogP contribution in [0.2, 0.25) is 0 Å². The molecule has 0 N–H and O–H groups in total. The maximum atomic E-state index is 11.0. The molecule has 16 heavy (non-hydrogen) atoms. The van der Waals surface area contributed by atoms with Crippen molar-refractivity contribution in [2.45, 2.75) is 6.92 Å². The van der Waals surface area contributed by atoms with Crippen LogP contribution < -0.4 is 0 Å². The number of carbonyl (C=O) groups is 1. The molecule has 1 aromatic heterocycles. The van der Waals surface area contributed by atoms with Crippen molar-refractivity contribution >= 4 is 44.8 Å². The summed E-state index contributed by atoms with van der Waals surface area (Å²) in [6.07, 6.45) is 1.39. The Morgan fingerprint density at radius 1 is 1.44 bits per heavy atom. The topological polar surface area (TPSA) is 26.3 Å². The van der Waals surface area contributed by atoms with Crippen LogP contribution in [0, 0.1) is 0 Å². The van der Waals surface area contributed by atoms with E-state index in [1.165, 1.54) is 10.8 Å². The molecule has 0 aliphatic heterocycles. The monoisotopic (exact) mass is 252 g/mol. The lowest BCUT2D eigenvalue weighted by Crippen LogP contribution is -1.91. The Kier molecular flexibility index (Phi) is 3.27. The van der Waals surface area contributed by atoms with Crippen LogP contribution >= 0.6 is 23.2 Å². The number of hydrogen-bond donors (Lipinski definition) is 0. The summed E-state index contributed by atoms with van der Waals surface area (Å²) < 4.78 is 5.29. The number of fused-ring (bicyclic) bond motifs is 1. The van der Waals surface area contributed by atoms with E-state index in [1.54, 1.807) is 11.3 Å². The molecule has 0 aliphatic rings. The van der Waals surface area contributed by atoms with E-state index in [9.17, 15) is 4.79 Å². The van der Waals surface area contributed by atoms with Crippen LogP contribution in [0.15, 0.2) is 35.7 Å². The minimum Gasteiger partial charge on any atom is -0.344 e. The number of hydrogen-bond acceptors (Lipinski definition) is 3. The second kappa shape index (κ2) is 4.68. The first kappa shape index (κ1) is 11.2. The van der Waals surface area contributed by atoms with Crippen LogP contribution in [0.4, 0.5) is 0 Å². The molecule has 2 aromatic rings. The molecule has 0 aliphatic carbocycles. The molecule has 0 fully saturated rings. The van der Waals surface area contributed by atoms with Crippen LogP contribution in [0.5, 0.6) is 0 Å². The van der Waals surface area contributed by atoms with Crippen molar-refractivity contribution < 1.29 is 9.08 Å². The lowest BCUT2D eigenvalue weighted by molar-refractivity contribution is -0.128. The van der Waals surface area contributed by atoms with Gasteiger partial charge in [-0.3, -0.25) is 0 Å². The van der Waals surface area contributed by atoms with E-state index >= 15 is 0 Å². The highest BCUT2D eigenvalue weighted by Gasteiger charge is 2.06. The smallest absolute Gasteiger partial charge is 0.344 e. The zero-order valence-corrected chi connectivity index (χ0v) is 10.1. The SMILES string of the molecule is C/C(=C\C(=O)OCl)c1csc2ccccc12. The fraction of sp³-hybridized carbons (Fsp3) is 0.0833. The van der Waals surface area contributed by atoms with E-state index in [0.29, 0.717) is 0 Å². The maximum Gasteiger partial charge on any atom is 0.349 e. The van der Waals surface area contributed by atoms with Gasteiger partial charge in [0, 0.05) is 10.8 Å². The van der Waals surface area contributed by atoms with Gasteiger partial charge in [-0.2, -0.15) is 0 Å². The van der Waals surface area contributed by atoms with Gasteiger partial charge in [0.2, 0.25) is 0 Å². The fourth-order valence-electron chi connectivity index (χ4n) is 1.56. The third kappa shape index (κ3) is 2.10. The summed E-state index contributed by atoms with van der Waals surface area (Å²) in [6.45, 7) is 1.86. The largest absolute Gasteiger partial charge is 0.349 e. The van der Waals surface area contributed by atoms with Crippen molar-refractivity contribution in [2.75, 3.05) is 0 Å². The Bertz CT molecular complexity index is 557. The van der Waals surface area contributed by atoms with Crippen molar-refractivity contribution in [3.63, 3.8) is 0 Å². The third-order valence-electron chi connectivity index (χ3n) is 2.32. The van der Waals surface area contributed by atoms with E-state index in [1.807, 2.05) is 30.5 Å². The minimum absolute atomic E-state index is 0.547. The van der Waals surface area contributed by atoms with Gasteiger partial charge >= 0.3 is 5.97 Å². The standard InChI is InChI=1S/C12H9ClO2S/c1-8(6-12(14)15-13)10-7-16-11-5-3-2-4-9(10)11/h2-7H,1H3/b8-6+. The molecule has 0 amide bonds. The molecule has 1 heterocycles. The van der Waals surface area contributed by atoms with Crippen molar-refractivity contribution in [3.05, 3.63) is 41.3 Å². The van der Waals surface area contributed by atoms with Crippen molar-refractivity contribution in [1.82, 2.24) is 0 Å². The predicted molar refractivity (Wildman–Crippen MR) is 67.4 cm³/mol. The van der Waals surface area contributed by atoms with Gasteiger partial charge < -0.3 is 4.29 Å². The first-order valence-electron chi connectivity index (χ1n) is 4.70. The van der Waals surface area contributed by atoms with Gasteiger partial charge in [-0.15, -0.1) is 11.3 Å². The molecule has 1 aromatic carbocycles. The van der Waals surface area contributed by atoms with Crippen LogP contribution in [0.25, 0.3) is 15.7 Å². The number of benzene rings is 1. The van der Waals surface area contributed by atoms with Crippen LogP contribution in [-0.4, -0.2) is 5.97 Å². The van der Waals surface area contributed by atoms with Crippen molar-refractivity contribution in [3.8, 4) is 0 Å². The molecule has 0 unspecified atom stereocenters. The number of thiophene rings is 1. The zero-order valence-electron chi connectivity index (χ0n) is 8.57. The summed E-state index contributed by atoms with van der Waals surface area (Å²) in [5.74, 6) is -0.547. The molecule has 82 valence electrons. The molecule has 4 heteroatoms. The molecular weight excluding hydrogens is 244 g/mol. The molecule has 0 bridgehead atoms.